The lowest BCUT2D eigenvalue weighted by atomic mass is 9.96. The number of amides is 2. The van der Waals surface area contributed by atoms with E-state index in [4.69, 9.17) is 5.11 Å². The van der Waals surface area contributed by atoms with Gasteiger partial charge in [-0.15, -0.1) is 0 Å². The van der Waals surface area contributed by atoms with E-state index in [1.54, 1.807) is 17.0 Å². The van der Waals surface area contributed by atoms with Gasteiger partial charge < -0.3 is 15.3 Å². The van der Waals surface area contributed by atoms with Crippen molar-refractivity contribution in [2.24, 2.45) is 5.92 Å². The van der Waals surface area contributed by atoms with Gasteiger partial charge in [0.15, 0.2) is 0 Å². The molecule has 124 valence electrons. The molecule has 1 atom stereocenters. The van der Waals surface area contributed by atoms with Crippen LogP contribution in [0, 0.1) is 5.92 Å². The summed E-state index contributed by atoms with van der Waals surface area (Å²) in [5.41, 5.74) is 0.744. The quantitative estimate of drug-likeness (QED) is 0.872. The molecule has 2 amide bonds. The van der Waals surface area contributed by atoms with Gasteiger partial charge in [0.1, 0.15) is 0 Å². The number of nitrogens with one attached hydrogen (secondary N) is 1. The van der Waals surface area contributed by atoms with E-state index in [9.17, 15) is 14.4 Å². The SMILES string of the molecule is CCCC(=O)N1CCCC(C(=O)Nc2ccc(C(=O)O)cc2)C1. The third-order valence-corrected chi connectivity index (χ3v) is 4.01. The van der Waals surface area contributed by atoms with Gasteiger partial charge in [0.25, 0.3) is 0 Å². The number of aromatic carboxylic acids is 1. The molecule has 1 saturated heterocycles. The Balaban J connectivity index is 1.94. The minimum Gasteiger partial charge on any atom is -0.478 e. The molecular formula is C17H22N2O4. The van der Waals surface area contributed by atoms with E-state index in [0.29, 0.717) is 18.7 Å². The third-order valence-electron chi connectivity index (χ3n) is 4.01. The maximum absolute atomic E-state index is 12.3. The minimum absolute atomic E-state index is 0.107. The van der Waals surface area contributed by atoms with E-state index in [0.717, 1.165) is 25.8 Å². The first-order chi connectivity index (χ1) is 11.0. The summed E-state index contributed by atoms with van der Waals surface area (Å²) in [5.74, 6) is -1.23. The summed E-state index contributed by atoms with van der Waals surface area (Å²) in [6.07, 6.45) is 2.91. The lowest BCUT2D eigenvalue weighted by Gasteiger charge is -2.32. The number of piperidine rings is 1. The molecule has 1 aromatic rings. The predicted octanol–water partition coefficient (Wildman–Crippen LogP) is 2.36. The van der Waals surface area contributed by atoms with Crippen LogP contribution in [0.25, 0.3) is 0 Å². The molecular weight excluding hydrogens is 296 g/mol. The highest BCUT2D eigenvalue weighted by Crippen LogP contribution is 2.20. The maximum Gasteiger partial charge on any atom is 0.335 e. The number of hydrogen-bond acceptors (Lipinski definition) is 3. The van der Waals surface area contributed by atoms with Crippen molar-refractivity contribution in [2.75, 3.05) is 18.4 Å². The molecule has 1 aromatic carbocycles. The molecule has 0 radical (unpaired) electrons. The second kappa shape index (κ2) is 7.76. The van der Waals surface area contributed by atoms with Crippen molar-refractivity contribution in [1.82, 2.24) is 4.90 Å². The molecule has 6 heteroatoms. The zero-order valence-electron chi connectivity index (χ0n) is 13.2. The van der Waals surface area contributed by atoms with E-state index in [1.165, 1.54) is 12.1 Å². The zero-order valence-corrected chi connectivity index (χ0v) is 13.2. The van der Waals surface area contributed by atoms with Crippen LogP contribution in [0.15, 0.2) is 24.3 Å². The molecule has 1 fully saturated rings. The summed E-state index contributed by atoms with van der Waals surface area (Å²) in [6.45, 7) is 3.14. The lowest BCUT2D eigenvalue weighted by molar-refractivity contribution is -0.134. The van der Waals surface area contributed by atoms with Crippen molar-refractivity contribution in [1.29, 1.82) is 0 Å². The molecule has 1 aliphatic heterocycles. The first-order valence-corrected chi connectivity index (χ1v) is 7.93. The summed E-state index contributed by atoms with van der Waals surface area (Å²) in [7, 11) is 0. The van der Waals surface area contributed by atoms with Crippen molar-refractivity contribution >= 4 is 23.5 Å². The Bertz CT molecular complexity index is 583. The Morgan fingerprint density at radius 2 is 1.96 bits per heavy atom. The molecule has 2 rings (SSSR count). The maximum atomic E-state index is 12.3. The predicted molar refractivity (Wildman–Crippen MR) is 86.2 cm³/mol. The average molecular weight is 318 g/mol. The lowest BCUT2D eigenvalue weighted by Crippen LogP contribution is -2.43. The number of carbonyl (C=O) groups excluding carboxylic acids is 2. The second-order valence-corrected chi connectivity index (χ2v) is 5.80. The van der Waals surface area contributed by atoms with Gasteiger partial charge in [-0.2, -0.15) is 0 Å². The van der Waals surface area contributed by atoms with Gasteiger partial charge in [-0.25, -0.2) is 4.79 Å². The average Bonchev–Trinajstić information content (AvgIpc) is 2.55. The van der Waals surface area contributed by atoms with Crippen molar-refractivity contribution in [2.45, 2.75) is 32.6 Å². The van der Waals surface area contributed by atoms with Crippen LogP contribution in [-0.4, -0.2) is 40.9 Å². The highest BCUT2D eigenvalue weighted by Gasteiger charge is 2.28. The summed E-state index contributed by atoms with van der Waals surface area (Å²) < 4.78 is 0. The van der Waals surface area contributed by atoms with Crippen LogP contribution in [0.5, 0.6) is 0 Å². The number of benzene rings is 1. The number of nitrogens with zero attached hydrogens (tertiary/aromatic N) is 1. The van der Waals surface area contributed by atoms with Crippen LogP contribution >= 0.6 is 0 Å². The Labute approximate surface area is 135 Å². The van der Waals surface area contributed by atoms with Gasteiger partial charge in [-0.3, -0.25) is 9.59 Å². The Kier molecular flexibility index (Phi) is 5.73. The Hall–Kier alpha value is -2.37. The molecule has 0 spiro atoms. The number of likely N-dealkylation sites (tertiary alicyclic amines) is 1. The van der Waals surface area contributed by atoms with Crippen LogP contribution in [0.2, 0.25) is 0 Å². The number of carbonyl (C=O) groups is 3. The van der Waals surface area contributed by atoms with E-state index < -0.39 is 5.97 Å². The van der Waals surface area contributed by atoms with Crippen LogP contribution < -0.4 is 5.32 Å². The van der Waals surface area contributed by atoms with Gasteiger partial charge in [0.05, 0.1) is 11.5 Å². The summed E-state index contributed by atoms with van der Waals surface area (Å²) in [6, 6.07) is 6.06. The van der Waals surface area contributed by atoms with Crippen molar-refractivity contribution in [3.63, 3.8) is 0 Å². The molecule has 0 aromatic heterocycles. The van der Waals surface area contributed by atoms with Gasteiger partial charge >= 0.3 is 5.97 Å². The van der Waals surface area contributed by atoms with Gasteiger partial charge in [0, 0.05) is 25.2 Å². The van der Waals surface area contributed by atoms with Crippen LogP contribution in [0.1, 0.15) is 43.0 Å². The van der Waals surface area contributed by atoms with Crippen LogP contribution in [-0.2, 0) is 9.59 Å². The van der Waals surface area contributed by atoms with E-state index in [-0.39, 0.29) is 23.3 Å². The molecule has 1 unspecified atom stereocenters. The first kappa shape index (κ1) is 17.0. The molecule has 2 N–H and O–H groups in total. The van der Waals surface area contributed by atoms with Gasteiger partial charge in [0.2, 0.25) is 11.8 Å². The smallest absolute Gasteiger partial charge is 0.335 e. The Morgan fingerprint density at radius 1 is 1.26 bits per heavy atom. The summed E-state index contributed by atoms with van der Waals surface area (Å²) in [5, 5.41) is 11.7. The molecule has 0 bridgehead atoms. The summed E-state index contributed by atoms with van der Waals surface area (Å²) in [4.78, 5) is 36.9. The first-order valence-electron chi connectivity index (χ1n) is 7.93. The summed E-state index contributed by atoms with van der Waals surface area (Å²) >= 11 is 0. The van der Waals surface area contributed by atoms with Crippen molar-refractivity contribution in [3.05, 3.63) is 29.8 Å². The second-order valence-electron chi connectivity index (χ2n) is 5.80. The minimum atomic E-state index is -1.000. The van der Waals surface area contributed by atoms with Gasteiger partial charge in [-0.1, -0.05) is 6.92 Å². The van der Waals surface area contributed by atoms with Crippen molar-refractivity contribution in [3.8, 4) is 0 Å². The zero-order chi connectivity index (χ0) is 16.8. The van der Waals surface area contributed by atoms with E-state index >= 15 is 0 Å². The molecule has 6 nitrogen and oxygen atoms in total. The molecule has 0 aliphatic carbocycles. The number of carboxylic acid groups (broad SMARTS) is 1. The molecule has 0 saturated carbocycles. The highest BCUT2D eigenvalue weighted by molar-refractivity contribution is 5.94. The van der Waals surface area contributed by atoms with Gasteiger partial charge in [-0.05, 0) is 43.5 Å². The number of carboxylic acids is 1. The van der Waals surface area contributed by atoms with Crippen LogP contribution in [0.4, 0.5) is 5.69 Å². The molecule has 23 heavy (non-hydrogen) atoms. The fraction of sp³-hybridized carbons (Fsp3) is 0.471. The fourth-order valence-electron chi connectivity index (χ4n) is 2.73. The number of rotatable bonds is 5. The number of anilines is 1. The molecule has 1 aliphatic rings. The van der Waals surface area contributed by atoms with E-state index in [1.807, 2.05) is 6.92 Å². The van der Waals surface area contributed by atoms with Crippen LogP contribution in [0.3, 0.4) is 0 Å². The monoisotopic (exact) mass is 318 g/mol. The normalized spacial score (nSPS) is 17.6. The largest absolute Gasteiger partial charge is 0.478 e. The van der Waals surface area contributed by atoms with Crippen molar-refractivity contribution < 1.29 is 19.5 Å². The third kappa shape index (κ3) is 4.55. The van der Waals surface area contributed by atoms with E-state index in [2.05, 4.69) is 5.32 Å². The standard InChI is InChI=1S/C17H22N2O4/c1-2-4-15(20)19-10-3-5-13(11-19)16(21)18-14-8-6-12(7-9-14)17(22)23/h6-9,13H,2-5,10-11H2,1H3,(H,18,21)(H,22,23). The highest BCUT2D eigenvalue weighted by atomic mass is 16.4. The fourth-order valence-corrected chi connectivity index (χ4v) is 2.73. The Morgan fingerprint density at radius 3 is 2.57 bits per heavy atom. The topological polar surface area (TPSA) is 86.7 Å². The number of hydrogen-bond donors (Lipinski definition) is 2. The molecule has 1 heterocycles.